The average molecular weight is 368 g/mol. The maximum absolute atomic E-state index is 12.3. The van der Waals surface area contributed by atoms with Crippen LogP contribution in [0.5, 0.6) is 0 Å². The molecule has 0 aliphatic carbocycles. The second-order valence-electron chi connectivity index (χ2n) is 6.19. The van der Waals surface area contributed by atoms with Gasteiger partial charge >= 0.3 is 5.69 Å². The fourth-order valence-electron chi connectivity index (χ4n) is 2.75. The number of aryl methyl sites for hydroxylation is 2. The van der Waals surface area contributed by atoms with Crippen molar-refractivity contribution in [1.82, 2.24) is 30.4 Å². The zero-order chi connectivity index (χ0) is 19.4. The van der Waals surface area contributed by atoms with Gasteiger partial charge < -0.3 is 14.8 Å². The number of aromatic nitrogens is 5. The van der Waals surface area contributed by atoms with Crippen molar-refractivity contribution in [3.8, 4) is 11.5 Å². The van der Waals surface area contributed by atoms with Gasteiger partial charge in [0.15, 0.2) is 0 Å². The Morgan fingerprint density at radius 1 is 1.30 bits per heavy atom. The SMILES string of the molecule is Cc1nc(=O)[nH]c(C)c1CCC(=O)N[C@H](C)c1nc(-c2ccccn2)no1. The molecule has 3 heterocycles. The van der Waals surface area contributed by atoms with Gasteiger partial charge in [0, 0.05) is 24.0 Å². The Balaban J connectivity index is 1.60. The van der Waals surface area contributed by atoms with E-state index >= 15 is 0 Å². The molecule has 0 spiro atoms. The summed E-state index contributed by atoms with van der Waals surface area (Å²) in [4.78, 5) is 38.6. The van der Waals surface area contributed by atoms with Gasteiger partial charge in [-0.1, -0.05) is 11.2 Å². The highest BCUT2D eigenvalue weighted by Gasteiger charge is 2.18. The fourth-order valence-corrected chi connectivity index (χ4v) is 2.75. The molecule has 0 saturated carbocycles. The number of hydrogen-bond donors (Lipinski definition) is 2. The monoisotopic (exact) mass is 368 g/mol. The first-order chi connectivity index (χ1) is 12.9. The van der Waals surface area contributed by atoms with Gasteiger partial charge in [-0.25, -0.2) is 4.79 Å². The summed E-state index contributed by atoms with van der Waals surface area (Å²) in [5, 5.41) is 6.73. The van der Waals surface area contributed by atoms with Crippen LogP contribution in [-0.2, 0) is 11.2 Å². The van der Waals surface area contributed by atoms with Gasteiger partial charge in [0.1, 0.15) is 11.7 Å². The molecule has 140 valence electrons. The maximum Gasteiger partial charge on any atom is 0.345 e. The number of amides is 1. The highest BCUT2D eigenvalue weighted by molar-refractivity contribution is 5.76. The van der Waals surface area contributed by atoms with Gasteiger partial charge in [-0.2, -0.15) is 9.97 Å². The molecule has 9 nitrogen and oxygen atoms in total. The third kappa shape index (κ3) is 4.43. The predicted octanol–water partition coefficient (Wildman–Crippen LogP) is 1.64. The number of carbonyl (C=O) groups excluding carboxylic acids is 1. The molecule has 27 heavy (non-hydrogen) atoms. The second kappa shape index (κ2) is 7.90. The molecule has 0 saturated heterocycles. The minimum absolute atomic E-state index is 0.162. The van der Waals surface area contributed by atoms with Crippen LogP contribution in [0.4, 0.5) is 0 Å². The van der Waals surface area contributed by atoms with E-state index in [1.165, 1.54) is 0 Å². The van der Waals surface area contributed by atoms with E-state index in [0.717, 1.165) is 11.3 Å². The first-order valence-corrected chi connectivity index (χ1v) is 8.55. The minimum atomic E-state index is -0.432. The van der Waals surface area contributed by atoms with E-state index in [9.17, 15) is 9.59 Å². The van der Waals surface area contributed by atoms with Crippen LogP contribution in [0.1, 0.15) is 42.2 Å². The zero-order valence-electron chi connectivity index (χ0n) is 15.3. The zero-order valence-corrected chi connectivity index (χ0v) is 15.3. The Labute approximate surface area is 155 Å². The predicted molar refractivity (Wildman–Crippen MR) is 96.7 cm³/mol. The lowest BCUT2D eigenvalue weighted by Crippen LogP contribution is -2.27. The van der Waals surface area contributed by atoms with Crippen LogP contribution in [0.15, 0.2) is 33.7 Å². The molecule has 1 atom stereocenters. The number of nitrogens with zero attached hydrogens (tertiary/aromatic N) is 4. The van der Waals surface area contributed by atoms with Gasteiger partial charge in [0.2, 0.25) is 17.6 Å². The van der Waals surface area contributed by atoms with Gasteiger partial charge in [-0.15, -0.1) is 0 Å². The molecule has 0 bridgehead atoms. The van der Waals surface area contributed by atoms with Crippen LogP contribution in [-0.4, -0.2) is 31.0 Å². The molecule has 0 radical (unpaired) electrons. The summed E-state index contributed by atoms with van der Waals surface area (Å²) in [6.45, 7) is 5.32. The number of aromatic amines is 1. The summed E-state index contributed by atoms with van der Waals surface area (Å²) in [7, 11) is 0. The molecule has 3 aromatic heterocycles. The van der Waals surface area contributed by atoms with E-state index in [-0.39, 0.29) is 18.0 Å². The number of carbonyl (C=O) groups is 1. The molecular weight excluding hydrogens is 348 g/mol. The highest BCUT2D eigenvalue weighted by Crippen LogP contribution is 2.17. The third-order valence-electron chi connectivity index (χ3n) is 4.14. The Morgan fingerprint density at radius 2 is 2.11 bits per heavy atom. The van der Waals surface area contributed by atoms with Crippen LogP contribution in [0.3, 0.4) is 0 Å². The summed E-state index contributed by atoms with van der Waals surface area (Å²) < 4.78 is 5.23. The molecule has 3 rings (SSSR count). The quantitative estimate of drug-likeness (QED) is 0.677. The van der Waals surface area contributed by atoms with Gasteiger partial charge in [0.05, 0.1) is 0 Å². The molecule has 0 aliphatic rings. The Hall–Kier alpha value is -3.36. The van der Waals surface area contributed by atoms with Crippen molar-refractivity contribution in [3.63, 3.8) is 0 Å². The van der Waals surface area contributed by atoms with Crippen molar-refractivity contribution in [3.05, 3.63) is 57.7 Å². The second-order valence-corrected chi connectivity index (χ2v) is 6.19. The van der Waals surface area contributed by atoms with E-state index in [1.54, 1.807) is 39.1 Å². The number of hydrogen-bond acceptors (Lipinski definition) is 7. The molecular formula is C18H20N6O3. The van der Waals surface area contributed by atoms with Crippen molar-refractivity contribution in [2.75, 3.05) is 0 Å². The third-order valence-corrected chi connectivity index (χ3v) is 4.14. The van der Waals surface area contributed by atoms with Crippen molar-refractivity contribution in [1.29, 1.82) is 0 Å². The summed E-state index contributed by atoms with van der Waals surface area (Å²) in [5.74, 6) is 0.518. The Kier molecular flexibility index (Phi) is 5.39. The first kappa shape index (κ1) is 18.4. The van der Waals surface area contributed by atoms with E-state index in [4.69, 9.17) is 4.52 Å². The fraction of sp³-hybridized carbons (Fsp3) is 0.333. The van der Waals surface area contributed by atoms with Gasteiger partial charge in [0.25, 0.3) is 0 Å². The minimum Gasteiger partial charge on any atom is -0.345 e. The standard InChI is InChI=1S/C18H20N6O3/c1-10-13(11(2)22-18(26)21-10)7-8-15(25)20-12(3)17-23-16(24-27-17)14-6-4-5-9-19-14/h4-6,9,12H,7-8H2,1-3H3,(H,20,25)(H,21,22,26)/t12-/m1/s1. The summed E-state index contributed by atoms with van der Waals surface area (Å²) in [6, 6.07) is 4.98. The lowest BCUT2D eigenvalue weighted by molar-refractivity contribution is -0.121. The lowest BCUT2D eigenvalue weighted by Gasteiger charge is -2.11. The smallest absolute Gasteiger partial charge is 0.345 e. The molecule has 9 heteroatoms. The average Bonchev–Trinajstić information content (AvgIpc) is 3.12. The lowest BCUT2D eigenvalue weighted by atomic mass is 10.1. The molecule has 2 N–H and O–H groups in total. The largest absolute Gasteiger partial charge is 0.345 e. The highest BCUT2D eigenvalue weighted by atomic mass is 16.5. The van der Waals surface area contributed by atoms with E-state index in [2.05, 4.69) is 30.4 Å². The number of nitrogens with one attached hydrogen (secondary N) is 2. The van der Waals surface area contributed by atoms with Crippen LogP contribution < -0.4 is 11.0 Å². The van der Waals surface area contributed by atoms with Crippen LogP contribution in [0.25, 0.3) is 11.5 Å². The molecule has 0 aliphatic heterocycles. The molecule has 0 fully saturated rings. The van der Waals surface area contributed by atoms with Gasteiger partial charge in [-0.05, 0) is 44.9 Å². The summed E-state index contributed by atoms with van der Waals surface area (Å²) in [6.07, 6.45) is 2.37. The van der Waals surface area contributed by atoms with Crippen LogP contribution in [0.2, 0.25) is 0 Å². The summed E-state index contributed by atoms with van der Waals surface area (Å²) >= 11 is 0. The maximum atomic E-state index is 12.3. The van der Waals surface area contributed by atoms with Gasteiger partial charge in [-0.3, -0.25) is 9.78 Å². The normalized spacial score (nSPS) is 12.0. The molecule has 1 amide bonds. The van der Waals surface area contributed by atoms with E-state index < -0.39 is 6.04 Å². The number of pyridine rings is 1. The van der Waals surface area contributed by atoms with E-state index in [1.807, 2.05) is 6.07 Å². The Morgan fingerprint density at radius 3 is 2.81 bits per heavy atom. The van der Waals surface area contributed by atoms with Crippen molar-refractivity contribution in [2.24, 2.45) is 0 Å². The Bertz CT molecular complexity index is 970. The molecule has 0 aromatic carbocycles. The van der Waals surface area contributed by atoms with Crippen LogP contribution >= 0.6 is 0 Å². The van der Waals surface area contributed by atoms with E-state index in [0.29, 0.717) is 29.5 Å². The van der Waals surface area contributed by atoms with Crippen molar-refractivity contribution >= 4 is 5.91 Å². The van der Waals surface area contributed by atoms with Crippen molar-refractivity contribution < 1.29 is 9.32 Å². The molecule has 3 aromatic rings. The van der Waals surface area contributed by atoms with Crippen LogP contribution in [0, 0.1) is 13.8 Å². The summed E-state index contributed by atoms with van der Waals surface area (Å²) in [5.41, 5.74) is 2.45. The van der Waals surface area contributed by atoms with Crippen molar-refractivity contribution in [2.45, 2.75) is 39.7 Å². The number of rotatable bonds is 6. The number of H-pyrrole nitrogens is 1. The first-order valence-electron chi connectivity index (χ1n) is 8.55. The molecule has 0 unspecified atom stereocenters. The topological polar surface area (TPSA) is 127 Å².